The van der Waals surface area contributed by atoms with Crippen molar-refractivity contribution >= 4 is 0 Å². The van der Waals surface area contributed by atoms with Gasteiger partial charge in [-0.25, -0.2) is 4.98 Å². The normalized spacial score (nSPS) is 27.6. The first-order valence-electron chi connectivity index (χ1n) is 8.31. The molecule has 21 heavy (non-hydrogen) atoms. The van der Waals surface area contributed by atoms with Gasteiger partial charge in [0.2, 0.25) is 5.88 Å². The molecule has 0 aromatic carbocycles. The van der Waals surface area contributed by atoms with E-state index in [4.69, 9.17) is 4.74 Å². The van der Waals surface area contributed by atoms with Gasteiger partial charge in [-0.1, -0.05) is 27.2 Å². The van der Waals surface area contributed by atoms with Crippen molar-refractivity contribution in [3.05, 3.63) is 23.9 Å². The molecular weight excluding hydrogens is 260 g/mol. The van der Waals surface area contributed by atoms with Gasteiger partial charge in [0.15, 0.2) is 0 Å². The average molecular weight is 290 g/mol. The third kappa shape index (κ3) is 4.19. The Kier molecular flexibility index (Phi) is 5.63. The zero-order valence-electron chi connectivity index (χ0n) is 14.1. The molecule has 3 heteroatoms. The van der Waals surface area contributed by atoms with E-state index in [-0.39, 0.29) is 0 Å². The molecule has 1 heterocycles. The molecule has 0 bridgehead atoms. The van der Waals surface area contributed by atoms with E-state index in [2.05, 4.69) is 50.1 Å². The van der Waals surface area contributed by atoms with Crippen LogP contribution in [0.5, 0.6) is 5.88 Å². The van der Waals surface area contributed by atoms with Crippen LogP contribution < -0.4 is 10.1 Å². The summed E-state index contributed by atoms with van der Waals surface area (Å²) < 4.78 is 6.30. The van der Waals surface area contributed by atoms with Crippen LogP contribution in [0, 0.1) is 17.8 Å². The number of ether oxygens (including phenoxy) is 1. The van der Waals surface area contributed by atoms with Crippen LogP contribution in [0.3, 0.4) is 0 Å². The number of nitrogens with zero attached hydrogens (tertiary/aromatic N) is 1. The average Bonchev–Trinajstić information content (AvgIpc) is 2.46. The summed E-state index contributed by atoms with van der Waals surface area (Å²) in [6, 6.07) is 4.46. The second-order valence-electron chi connectivity index (χ2n) is 6.92. The van der Waals surface area contributed by atoms with Gasteiger partial charge in [0.25, 0.3) is 0 Å². The Morgan fingerprint density at radius 1 is 1.29 bits per heavy atom. The van der Waals surface area contributed by atoms with Crippen LogP contribution in [0.2, 0.25) is 0 Å². The Morgan fingerprint density at radius 3 is 2.71 bits per heavy atom. The Labute approximate surface area is 129 Å². The lowest BCUT2D eigenvalue weighted by molar-refractivity contribution is 0.0425. The van der Waals surface area contributed by atoms with Crippen molar-refractivity contribution in [1.29, 1.82) is 0 Å². The summed E-state index contributed by atoms with van der Waals surface area (Å²) in [5.74, 6) is 2.85. The maximum Gasteiger partial charge on any atom is 0.213 e. The number of aromatic nitrogens is 1. The summed E-state index contributed by atoms with van der Waals surface area (Å²) >= 11 is 0. The first kappa shape index (κ1) is 16.3. The molecule has 4 atom stereocenters. The molecule has 1 aliphatic carbocycles. The second-order valence-corrected chi connectivity index (χ2v) is 6.92. The lowest BCUT2D eigenvalue weighted by Gasteiger charge is -2.37. The summed E-state index contributed by atoms with van der Waals surface area (Å²) in [6.45, 7) is 9.10. The number of hydrogen-bond donors (Lipinski definition) is 1. The summed E-state index contributed by atoms with van der Waals surface area (Å²) in [5, 5.41) is 3.26. The number of pyridine rings is 1. The maximum atomic E-state index is 6.30. The minimum atomic E-state index is 0.307. The van der Waals surface area contributed by atoms with Gasteiger partial charge in [-0.05, 0) is 56.2 Å². The third-order valence-electron chi connectivity index (χ3n) is 4.93. The van der Waals surface area contributed by atoms with Crippen molar-refractivity contribution in [3.8, 4) is 5.88 Å². The van der Waals surface area contributed by atoms with Crippen LogP contribution >= 0.6 is 0 Å². The molecule has 1 N–H and O–H groups in total. The van der Waals surface area contributed by atoms with Crippen molar-refractivity contribution in [2.45, 2.75) is 59.1 Å². The van der Waals surface area contributed by atoms with E-state index in [0.29, 0.717) is 24.0 Å². The molecule has 4 unspecified atom stereocenters. The van der Waals surface area contributed by atoms with Crippen molar-refractivity contribution in [3.63, 3.8) is 0 Å². The highest BCUT2D eigenvalue weighted by Crippen LogP contribution is 2.35. The monoisotopic (exact) mass is 290 g/mol. The van der Waals surface area contributed by atoms with Gasteiger partial charge >= 0.3 is 0 Å². The summed E-state index contributed by atoms with van der Waals surface area (Å²) in [7, 11) is 1.98. The molecule has 0 spiro atoms. The fourth-order valence-corrected chi connectivity index (χ4v) is 3.33. The van der Waals surface area contributed by atoms with Gasteiger partial charge in [-0.3, -0.25) is 0 Å². The molecule has 3 nitrogen and oxygen atoms in total. The van der Waals surface area contributed by atoms with Gasteiger partial charge in [0.05, 0.1) is 0 Å². The predicted molar refractivity (Wildman–Crippen MR) is 87.5 cm³/mol. The minimum Gasteiger partial charge on any atom is -0.474 e. The molecule has 0 aliphatic heterocycles. The van der Waals surface area contributed by atoms with E-state index in [0.717, 1.165) is 18.2 Å². The molecule has 1 fully saturated rings. The molecule has 0 radical (unpaired) electrons. The lowest BCUT2D eigenvalue weighted by Crippen LogP contribution is -2.36. The topological polar surface area (TPSA) is 34.2 Å². The van der Waals surface area contributed by atoms with Crippen LogP contribution in [0.4, 0.5) is 0 Å². The largest absolute Gasteiger partial charge is 0.474 e. The molecule has 1 aromatic rings. The molecular formula is C18H30N2O. The lowest BCUT2D eigenvalue weighted by atomic mass is 9.75. The van der Waals surface area contributed by atoms with E-state index in [9.17, 15) is 0 Å². The van der Waals surface area contributed by atoms with Gasteiger partial charge in [0, 0.05) is 18.3 Å². The second kappa shape index (κ2) is 7.26. The van der Waals surface area contributed by atoms with E-state index >= 15 is 0 Å². The Bertz CT molecular complexity index is 447. The van der Waals surface area contributed by atoms with Crippen LogP contribution in [-0.4, -0.2) is 18.1 Å². The number of nitrogens with one attached hydrogen (secondary N) is 1. The first-order valence-corrected chi connectivity index (χ1v) is 8.31. The van der Waals surface area contributed by atoms with Crippen LogP contribution in [0.25, 0.3) is 0 Å². The minimum absolute atomic E-state index is 0.307. The van der Waals surface area contributed by atoms with Crippen molar-refractivity contribution in [1.82, 2.24) is 10.3 Å². The highest BCUT2D eigenvalue weighted by molar-refractivity contribution is 5.23. The van der Waals surface area contributed by atoms with E-state index in [1.165, 1.54) is 18.4 Å². The smallest absolute Gasteiger partial charge is 0.213 e. The molecule has 0 saturated heterocycles. The SMILES string of the molecule is CNC(C)c1ccnc(OC2CC(C)CCC2C(C)C)c1. The van der Waals surface area contributed by atoms with Gasteiger partial charge in [-0.15, -0.1) is 0 Å². The zero-order valence-corrected chi connectivity index (χ0v) is 14.1. The summed E-state index contributed by atoms with van der Waals surface area (Å²) in [4.78, 5) is 4.42. The Morgan fingerprint density at radius 2 is 2.05 bits per heavy atom. The van der Waals surface area contributed by atoms with E-state index in [1.54, 1.807) is 0 Å². The predicted octanol–water partition coefficient (Wildman–Crippen LogP) is 4.20. The van der Waals surface area contributed by atoms with Crippen molar-refractivity contribution in [2.24, 2.45) is 17.8 Å². The van der Waals surface area contributed by atoms with Gasteiger partial charge < -0.3 is 10.1 Å². The fourth-order valence-electron chi connectivity index (χ4n) is 3.33. The molecule has 1 aromatic heterocycles. The molecule has 1 saturated carbocycles. The highest BCUT2D eigenvalue weighted by Gasteiger charge is 2.32. The van der Waals surface area contributed by atoms with E-state index in [1.807, 2.05) is 13.2 Å². The third-order valence-corrected chi connectivity index (χ3v) is 4.93. The zero-order chi connectivity index (χ0) is 15.4. The van der Waals surface area contributed by atoms with Crippen LogP contribution in [0.1, 0.15) is 58.6 Å². The highest BCUT2D eigenvalue weighted by atomic mass is 16.5. The molecule has 118 valence electrons. The standard InChI is InChI=1S/C18H30N2O/c1-12(2)16-7-6-13(3)10-17(16)21-18-11-15(8-9-20-18)14(4)19-5/h8-9,11-14,16-17,19H,6-7,10H2,1-5H3. The maximum absolute atomic E-state index is 6.30. The Hall–Kier alpha value is -1.09. The molecule has 0 amide bonds. The first-order chi connectivity index (χ1) is 10.0. The summed E-state index contributed by atoms with van der Waals surface area (Å²) in [5.41, 5.74) is 1.23. The van der Waals surface area contributed by atoms with Gasteiger partial charge in [-0.2, -0.15) is 0 Å². The molecule has 1 aliphatic rings. The fraction of sp³-hybridized carbons (Fsp3) is 0.722. The van der Waals surface area contributed by atoms with Gasteiger partial charge in [0.1, 0.15) is 6.10 Å². The van der Waals surface area contributed by atoms with Crippen molar-refractivity contribution < 1.29 is 4.74 Å². The van der Waals surface area contributed by atoms with Crippen LogP contribution in [-0.2, 0) is 0 Å². The Balaban J connectivity index is 2.11. The van der Waals surface area contributed by atoms with E-state index < -0.39 is 0 Å². The number of rotatable bonds is 5. The number of hydrogen-bond acceptors (Lipinski definition) is 3. The van der Waals surface area contributed by atoms with Crippen LogP contribution in [0.15, 0.2) is 18.3 Å². The summed E-state index contributed by atoms with van der Waals surface area (Å²) in [6.07, 6.45) is 5.91. The quantitative estimate of drug-likeness (QED) is 0.882. The van der Waals surface area contributed by atoms with Crippen molar-refractivity contribution in [2.75, 3.05) is 7.05 Å². The molecule has 2 rings (SSSR count).